The number of nitrogens with zero attached hydrogens (tertiary/aromatic N) is 1. The van der Waals surface area contributed by atoms with E-state index in [0.717, 1.165) is 11.8 Å². The molecule has 0 bridgehead atoms. The minimum atomic E-state index is -0.596. The molecule has 6 heteroatoms. The number of benzene rings is 2. The van der Waals surface area contributed by atoms with Crippen LogP contribution in [0.2, 0.25) is 0 Å². The molecule has 0 fully saturated rings. The van der Waals surface area contributed by atoms with Gasteiger partial charge in [-0.1, -0.05) is 42.5 Å². The molecule has 2 aromatic carbocycles. The maximum Gasteiger partial charge on any atom is 0.312 e. The Morgan fingerprint density at radius 1 is 1.00 bits per heavy atom. The van der Waals surface area contributed by atoms with Gasteiger partial charge in [-0.2, -0.15) is 0 Å². The highest BCUT2D eigenvalue weighted by Crippen LogP contribution is 2.35. The van der Waals surface area contributed by atoms with Crippen molar-refractivity contribution in [3.63, 3.8) is 0 Å². The largest absolute Gasteiger partial charge is 0.469 e. The molecule has 5 nitrogen and oxygen atoms in total. The Hall–Kier alpha value is -2.60. The second-order valence-corrected chi connectivity index (χ2v) is 6.89. The summed E-state index contributed by atoms with van der Waals surface area (Å²) in [5.74, 6) is -1.21. The van der Waals surface area contributed by atoms with Crippen molar-refractivity contribution in [1.29, 1.82) is 0 Å². The van der Waals surface area contributed by atoms with Gasteiger partial charge < -0.3 is 9.64 Å². The van der Waals surface area contributed by atoms with E-state index in [-0.39, 0.29) is 11.0 Å². The Morgan fingerprint density at radius 2 is 1.65 bits per heavy atom. The number of ketones is 1. The normalized spacial score (nSPS) is 11.5. The SMILES string of the molecule is COC(=O)C(C)c1cccc(C(=O)c2ccccc2)c1SC(=O)N(C)C. The molecule has 0 saturated carbocycles. The van der Waals surface area contributed by atoms with Crippen LogP contribution in [0.15, 0.2) is 53.4 Å². The van der Waals surface area contributed by atoms with Gasteiger partial charge in [-0.05, 0) is 30.3 Å². The van der Waals surface area contributed by atoms with Crippen LogP contribution in [0.1, 0.15) is 34.3 Å². The summed E-state index contributed by atoms with van der Waals surface area (Å²) in [5.41, 5.74) is 1.51. The molecule has 26 heavy (non-hydrogen) atoms. The molecule has 1 atom stereocenters. The maximum absolute atomic E-state index is 13.0. The molecule has 1 amide bonds. The van der Waals surface area contributed by atoms with Crippen LogP contribution in [0.4, 0.5) is 4.79 Å². The van der Waals surface area contributed by atoms with Crippen molar-refractivity contribution in [3.8, 4) is 0 Å². The van der Waals surface area contributed by atoms with E-state index >= 15 is 0 Å². The Kier molecular flexibility index (Phi) is 6.58. The van der Waals surface area contributed by atoms with Crippen molar-refractivity contribution < 1.29 is 19.1 Å². The second kappa shape index (κ2) is 8.67. The van der Waals surface area contributed by atoms with Gasteiger partial charge in [-0.15, -0.1) is 0 Å². The van der Waals surface area contributed by atoms with Gasteiger partial charge in [0.15, 0.2) is 5.78 Å². The zero-order chi connectivity index (χ0) is 19.3. The van der Waals surface area contributed by atoms with Gasteiger partial charge in [0.05, 0.1) is 13.0 Å². The molecule has 0 spiro atoms. The molecule has 136 valence electrons. The fourth-order valence-corrected chi connectivity index (χ4v) is 3.41. The first-order valence-electron chi connectivity index (χ1n) is 8.06. The van der Waals surface area contributed by atoms with Gasteiger partial charge in [-0.3, -0.25) is 14.4 Å². The molecule has 0 aliphatic rings. The summed E-state index contributed by atoms with van der Waals surface area (Å²) >= 11 is 0.943. The van der Waals surface area contributed by atoms with Gasteiger partial charge in [0.2, 0.25) is 0 Å². The lowest BCUT2D eigenvalue weighted by Gasteiger charge is -2.18. The molecule has 0 aliphatic carbocycles. The van der Waals surface area contributed by atoms with E-state index in [2.05, 4.69) is 0 Å². The number of hydrogen-bond donors (Lipinski definition) is 0. The van der Waals surface area contributed by atoms with E-state index in [4.69, 9.17) is 4.74 Å². The highest BCUT2D eigenvalue weighted by atomic mass is 32.2. The van der Waals surface area contributed by atoms with Gasteiger partial charge in [-0.25, -0.2) is 0 Å². The Bertz CT molecular complexity index is 818. The maximum atomic E-state index is 13.0. The predicted molar refractivity (Wildman–Crippen MR) is 102 cm³/mol. The number of rotatable bonds is 5. The minimum Gasteiger partial charge on any atom is -0.469 e. The molecule has 2 aromatic rings. The first-order chi connectivity index (χ1) is 12.4. The van der Waals surface area contributed by atoms with Crippen LogP contribution in [-0.2, 0) is 9.53 Å². The van der Waals surface area contributed by atoms with Crippen LogP contribution in [0.5, 0.6) is 0 Å². The van der Waals surface area contributed by atoms with Crippen molar-refractivity contribution in [2.24, 2.45) is 0 Å². The van der Waals surface area contributed by atoms with E-state index in [9.17, 15) is 14.4 Å². The van der Waals surface area contributed by atoms with Gasteiger partial charge >= 0.3 is 5.97 Å². The summed E-state index contributed by atoms with van der Waals surface area (Å²) in [5, 5.41) is -0.225. The van der Waals surface area contributed by atoms with Crippen LogP contribution in [-0.4, -0.2) is 43.1 Å². The molecule has 0 radical (unpaired) electrons. The summed E-state index contributed by atoms with van der Waals surface area (Å²) < 4.78 is 4.83. The fraction of sp³-hybridized carbons (Fsp3) is 0.250. The van der Waals surface area contributed by atoms with E-state index in [1.807, 2.05) is 6.07 Å². The van der Waals surface area contributed by atoms with Crippen LogP contribution in [0.25, 0.3) is 0 Å². The highest BCUT2D eigenvalue weighted by Gasteiger charge is 2.26. The summed E-state index contributed by atoms with van der Waals surface area (Å²) in [7, 11) is 4.59. The quantitative estimate of drug-likeness (QED) is 0.452. The molecule has 0 N–H and O–H groups in total. The molecule has 0 heterocycles. The van der Waals surface area contributed by atoms with E-state index < -0.39 is 11.9 Å². The number of methoxy groups -OCH3 is 1. The third-order valence-corrected chi connectivity index (χ3v) is 5.10. The van der Waals surface area contributed by atoms with E-state index in [1.54, 1.807) is 63.5 Å². The van der Waals surface area contributed by atoms with Crippen molar-refractivity contribution >= 4 is 28.8 Å². The van der Waals surface area contributed by atoms with E-state index in [0.29, 0.717) is 21.6 Å². The third kappa shape index (κ3) is 4.32. The number of esters is 1. The van der Waals surface area contributed by atoms with E-state index in [1.165, 1.54) is 12.0 Å². The van der Waals surface area contributed by atoms with Gasteiger partial charge in [0.25, 0.3) is 5.24 Å². The number of amides is 1. The van der Waals surface area contributed by atoms with Crippen molar-refractivity contribution in [2.45, 2.75) is 17.7 Å². The van der Waals surface area contributed by atoms with Crippen LogP contribution >= 0.6 is 11.8 Å². The second-order valence-electron chi connectivity index (χ2n) is 5.93. The molecule has 0 aliphatic heterocycles. The lowest BCUT2D eigenvalue weighted by Crippen LogP contribution is -2.19. The highest BCUT2D eigenvalue weighted by molar-refractivity contribution is 8.13. The first kappa shape index (κ1) is 19.7. The third-order valence-electron chi connectivity index (χ3n) is 3.90. The molecular formula is C20H21NO4S. The smallest absolute Gasteiger partial charge is 0.312 e. The Morgan fingerprint density at radius 3 is 2.23 bits per heavy atom. The monoisotopic (exact) mass is 371 g/mol. The number of hydrogen-bond acceptors (Lipinski definition) is 5. The summed E-state index contributed by atoms with van der Waals surface area (Å²) in [6, 6.07) is 14.0. The average molecular weight is 371 g/mol. The Labute approximate surface area is 157 Å². The lowest BCUT2D eigenvalue weighted by atomic mass is 9.95. The zero-order valence-electron chi connectivity index (χ0n) is 15.2. The summed E-state index contributed by atoms with van der Waals surface area (Å²) in [6.45, 7) is 1.70. The number of thioether (sulfide) groups is 1. The molecule has 1 unspecified atom stereocenters. The predicted octanol–water partition coefficient (Wildman–Crippen LogP) is 3.97. The van der Waals surface area contributed by atoms with Crippen LogP contribution in [0, 0.1) is 0 Å². The number of carbonyl (C=O) groups is 3. The molecule has 0 saturated heterocycles. The zero-order valence-corrected chi connectivity index (χ0v) is 16.0. The Balaban J connectivity index is 2.58. The van der Waals surface area contributed by atoms with Gasteiger partial charge in [0.1, 0.15) is 0 Å². The number of ether oxygens (including phenoxy) is 1. The minimum absolute atomic E-state index is 0.196. The lowest BCUT2D eigenvalue weighted by molar-refractivity contribution is -0.142. The topological polar surface area (TPSA) is 63.7 Å². The average Bonchev–Trinajstić information content (AvgIpc) is 2.66. The molecule has 0 aromatic heterocycles. The standard InChI is InChI=1S/C20H21NO4S/c1-13(19(23)25-4)15-11-8-12-16(18(15)26-20(24)21(2)3)17(22)14-9-6-5-7-10-14/h5-13H,1-4H3. The molecular weight excluding hydrogens is 350 g/mol. The van der Waals surface area contributed by atoms with Crippen molar-refractivity contribution in [1.82, 2.24) is 4.90 Å². The summed E-state index contributed by atoms with van der Waals surface area (Å²) in [4.78, 5) is 39.2. The van der Waals surface area contributed by atoms with Crippen molar-refractivity contribution in [2.75, 3.05) is 21.2 Å². The van der Waals surface area contributed by atoms with Crippen LogP contribution < -0.4 is 0 Å². The number of carbonyl (C=O) groups excluding carboxylic acids is 3. The summed E-state index contributed by atoms with van der Waals surface area (Å²) in [6.07, 6.45) is 0. The first-order valence-corrected chi connectivity index (χ1v) is 8.88. The van der Waals surface area contributed by atoms with Crippen LogP contribution in [0.3, 0.4) is 0 Å². The van der Waals surface area contributed by atoms with Crippen molar-refractivity contribution in [3.05, 3.63) is 65.2 Å². The fourth-order valence-electron chi connectivity index (χ4n) is 2.42. The molecule has 2 rings (SSSR count). The van der Waals surface area contributed by atoms with Gasteiger partial charge in [0, 0.05) is 30.1 Å².